The molecule has 1 aromatic carbocycles. The fraction of sp³-hybridized carbons (Fsp3) is 0.704. The summed E-state index contributed by atoms with van der Waals surface area (Å²) in [5.74, 6) is 0.937. The molecule has 0 saturated heterocycles. The van der Waals surface area contributed by atoms with Crippen LogP contribution in [0.4, 0.5) is 0 Å². The van der Waals surface area contributed by atoms with Gasteiger partial charge in [-0.3, -0.25) is 18.6 Å². The first-order valence-electron chi connectivity index (χ1n) is 13.5. The van der Waals surface area contributed by atoms with Crippen molar-refractivity contribution in [2.45, 2.75) is 53.2 Å². The lowest BCUT2D eigenvalue weighted by Crippen LogP contribution is -2.37. The second-order valence-corrected chi connectivity index (χ2v) is 13.4. The van der Waals surface area contributed by atoms with Gasteiger partial charge in [-0.2, -0.15) is 11.8 Å². The smallest absolute Gasteiger partial charge is 0.472 e. The Morgan fingerprint density at radius 1 is 0.975 bits per heavy atom. The van der Waals surface area contributed by atoms with Crippen LogP contribution in [0.25, 0.3) is 0 Å². The molecular weight excluding hydrogens is 559 g/mol. The SMILES string of the molecule is CC(C)Oc1ccc(CCNC(=O)CSCC(C)C(=O)OCCOP(=O)(O)OCC[N+](C)(C)C)cc1OC(C)C. The maximum absolute atomic E-state index is 12.2. The minimum atomic E-state index is -4.20. The van der Waals surface area contributed by atoms with Gasteiger partial charge in [0.15, 0.2) is 11.5 Å². The lowest BCUT2D eigenvalue weighted by Gasteiger charge is -2.24. The number of quaternary nitrogens is 1. The third-order valence-corrected chi connectivity index (χ3v) is 7.29. The highest BCUT2D eigenvalue weighted by molar-refractivity contribution is 7.99. The van der Waals surface area contributed by atoms with Gasteiger partial charge in [0, 0.05) is 12.3 Å². The van der Waals surface area contributed by atoms with Gasteiger partial charge in [0.25, 0.3) is 0 Å². The second-order valence-electron chi connectivity index (χ2n) is 10.9. The summed E-state index contributed by atoms with van der Waals surface area (Å²) < 4.78 is 39.0. The van der Waals surface area contributed by atoms with Crippen LogP contribution in [0.5, 0.6) is 11.5 Å². The zero-order valence-electron chi connectivity index (χ0n) is 25.1. The number of thioether (sulfide) groups is 1. The first-order chi connectivity index (χ1) is 18.6. The molecule has 0 aliphatic heterocycles. The first kappa shape index (κ1) is 36.2. The zero-order chi connectivity index (χ0) is 30.3. The normalized spacial score (nSPS) is 14.1. The Balaban J connectivity index is 2.29. The first-order valence-corrected chi connectivity index (χ1v) is 16.1. The number of amides is 1. The lowest BCUT2D eigenvalue weighted by molar-refractivity contribution is -0.870. The molecule has 1 rings (SSSR count). The van der Waals surface area contributed by atoms with Crippen LogP contribution in [0.3, 0.4) is 0 Å². The molecule has 2 atom stereocenters. The van der Waals surface area contributed by atoms with Gasteiger partial charge in [0.05, 0.1) is 51.6 Å². The predicted octanol–water partition coefficient (Wildman–Crippen LogP) is 3.67. The van der Waals surface area contributed by atoms with E-state index >= 15 is 0 Å². The number of benzene rings is 1. The Labute approximate surface area is 243 Å². The number of esters is 1. The molecule has 1 aromatic rings. The Bertz CT molecular complexity index is 970. The van der Waals surface area contributed by atoms with E-state index in [1.54, 1.807) is 6.92 Å². The maximum Gasteiger partial charge on any atom is 0.472 e. The van der Waals surface area contributed by atoms with Gasteiger partial charge in [-0.1, -0.05) is 13.0 Å². The van der Waals surface area contributed by atoms with E-state index in [1.807, 2.05) is 67.0 Å². The van der Waals surface area contributed by atoms with Gasteiger partial charge < -0.3 is 28.9 Å². The molecular formula is C27H48N2O9PS+. The van der Waals surface area contributed by atoms with Crippen LogP contribution in [0.2, 0.25) is 0 Å². The number of ether oxygens (including phenoxy) is 3. The lowest BCUT2D eigenvalue weighted by atomic mass is 10.1. The molecule has 40 heavy (non-hydrogen) atoms. The average molecular weight is 608 g/mol. The monoisotopic (exact) mass is 607 g/mol. The molecule has 0 bridgehead atoms. The van der Waals surface area contributed by atoms with Gasteiger partial charge in [0.2, 0.25) is 5.91 Å². The fourth-order valence-corrected chi connectivity index (χ4v) is 4.69. The van der Waals surface area contributed by atoms with Crippen LogP contribution in [-0.2, 0) is 34.4 Å². The predicted molar refractivity (Wildman–Crippen MR) is 157 cm³/mol. The molecule has 0 heterocycles. The van der Waals surface area contributed by atoms with Crippen LogP contribution in [0, 0.1) is 5.92 Å². The average Bonchev–Trinajstić information content (AvgIpc) is 2.81. The summed E-state index contributed by atoms with van der Waals surface area (Å²) in [7, 11) is 1.60. The topological polar surface area (TPSA) is 130 Å². The van der Waals surface area contributed by atoms with Crippen LogP contribution in [-0.4, -0.2) is 99.0 Å². The fourth-order valence-electron chi connectivity index (χ4n) is 3.10. The van der Waals surface area contributed by atoms with Gasteiger partial charge in [-0.05, 0) is 51.8 Å². The zero-order valence-corrected chi connectivity index (χ0v) is 26.8. The van der Waals surface area contributed by atoms with E-state index in [-0.39, 0.29) is 43.7 Å². The molecule has 1 amide bonds. The molecule has 2 N–H and O–H groups in total. The number of rotatable bonds is 20. The van der Waals surface area contributed by atoms with Crippen molar-refractivity contribution >= 4 is 31.5 Å². The number of nitrogens with one attached hydrogen (secondary N) is 1. The minimum Gasteiger partial charge on any atom is -0.487 e. The van der Waals surface area contributed by atoms with Crippen molar-refractivity contribution in [3.05, 3.63) is 23.8 Å². The number of nitrogens with zero attached hydrogens (tertiary/aromatic N) is 1. The molecule has 2 unspecified atom stereocenters. The molecule has 0 aliphatic rings. The standard InChI is InChI=1S/C27H47N2O9PS/c1-20(2)37-24-10-9-23(17-25(24)38-21(3)4)11-12-28-26(30)19-40-18-22(5)27(31)34-15-16-36-39(32,33)35-14-13-29(6,7)8/h9-10,17,20-22H,11-16,18-19H2,1-8H3,(H-,28,30,32,33)/p+1. The molecule has 0 spiro atoms. The van der Waals surface area contributed by atoms with Crippen molar-refractivity contribution in [2.75, 3.05) is 65.6 Å². The van der Waals surface area contributed by atoms with Crippen LogP contribution >= 0.6 is 19.6 Å². The van der Waals surface area contributed by atoms with E-state index in [2.05, 4.69) is 5.32 Å². The van der Waals surface area contributed by atoms with E-state index in [0.29, 0.717) is 41.2 Å². The Hall–Kier alpha value is -1.82. The summed E-state index contributed by atoms with van der Waals surface area (Å²) >= 11 is 1.33. The highest BCUT2D eigenvalue weighted by Gasteiger charge is 2.23. The van der Waals surface area contributed by atoms with Crippen LogP contribution in [0.1, 0.15) is 40.2 Å². The van der Waals surface area contributed by atoms with Crippen molar-refractivity contribution in [2.24, 2.45) is 5.92 Å². The van der Waals surface area contributed by atoms with E-state index in [1.165, 1.54) is 11.8 Å². The Kier molecular flexibility index (Phi) is 16.2. The molecule has 230 valence electrons. The highest BCUT2D eigenvalue weighted by Crippen LogP contribution is 2.42. The maximum atomic E-state index is 12.2. The van der Waals surface area contributed by atoms with Gasteiger partial charge in [0.1, 0.15) is 19.8 Å². The third-order valence-electron chi connectivity index (χ3n) is 5.07. The van der Waals surface area contributed by atoms with Crippen molar-refractivity contribution in [1.29, 1.82) is 0 Å². The number of phosphoric acid groups is 1. The molecule has 13 heteroatoms. The summed E-state index contributed by atoms with van der Waals surface area (Å²) in [6.07, 6.45) is 0.681. The molecule has 0 aliphatic carbocycles. The van der Waals surface area contributed by atoms with Crippen LogP contribution < -0.4 is 14.8 Å². The summed E-state index contributed by atoms with van der Waals surface area (Å²) in [6.45, 7) is 10.2. The largest absolute Gasteiger partial charge is 0.487 e. The van der Waals surface area contributed by atoms with Crippen LogP contribution in [0.15, 0.2) is 18.2 Å². The number of phosphoric ester groups is 1. The molecule has 0 radical (unpaired) electrons. The molecule has 0 fully saturated rings. The van der Waals surface area contributed by atoms with Crippen molar-refractivity contribution in [1.82, 2.24) is 5.32 Å². The minimum absolute atomic E-state index is 0.0103. The number of carbonyl (C=O) groups excluding carboxylic acids is 2. The molecule has 11 nitrogen and oxygen atoms in total. The van der Waals surface area contributed by atoms with Gasteiger partial charge in [-0.25, -0.2) is 4.57 Å². The summed E-state index contributed by atoms with van der Waals surface area (Å²) in [5, 5.41) is 2.89. The van der Waals surface area contributed by atoms with E-state index < -0.39 is 19.7 Å². The quantitative estimate of drug-likeness (QED) is 0.0980. The summed E-state index contributed by atoms with van der Waals surface area (Å²) in [4.78, 5) is 34.1. The van der Waals surface area contributed by atoms with Gasteiger partial charge in [-0.15, -0.1) is 0 Å². The Morgan fingerprint density at radius 3 is 2.23 bits per heavy atom. The van der Waals surface area contributed by atoms with Crippen molar-refractivity contribution in [3.63, 3.8) is 0 Å². The van der Waals surface area contributed by atoms with E-state index in [9.17, 15) is 19.0 Å². The number of hydrogen-bond donors (Lipinski definition) is 2. The van der Waals surface area contributed by atoms with Crippen molar-refractivity contribution in [3.8, 4) is 11.5 Å². The Morgan fingerprint density at radius 2 is 1.60 bits per heavy atom. The number of likely N-dealkylation sites (N-methyl/N-ethyl adjacent to an activating group) is 1. The van der Waals surface area contributed by atoms with E-state index in [4.69, 9.17) is 23.3 Å². The molecule has 0 aromatic heterocycles. The third kappa shape index (κ3) is 17.1. The summed E-state index contributed by atoms with van der Waals surface area (Å²) in [6, 6.07) is 5.79. The second kappa shape index (κ2) is 17.9. The highest BCUT2D eigenvalue weighted by atomic mass is 32.2. The van der Waals surface area contributed by atoms with E-state index in [0.717, 1.165) is 5.56 Å². The number of carbonyl (C=O) groups is 2. The van der Waals surface area contributed by atoms with Crippen molar-refractivity contribution < 1.29 is 46.8 Å². The van der Waals surface area contributed by atoms with Gasteiger partial charge >= 0.3 is 13.8 Å². The molecule has 0 saturated carbocycles. The summed E-state index contributed by atoms with van der Waals surface area (Å²) in [5.41, 5.74) is 1.02. The number of hydrogen-bond acceptors (Lipinski definition) is 9.